The highest BCUT2D eigenvalue weighted by Crippen LogP contribution is 2.30. The maximum Gasteiger partial charge on any atom is 0.276 e. The average molecular weight is 491 g/mol. The Morgan fingerprint density at radius 2 is 1.78 bits per heavy atom. The van der Waals surface area contributed by atoms with E-state index in [1.54, 1.807) is 43.3 Å². The van der Waals surface area contributed by atoms with Crippen molar-refractivity contribution in [2.75, 3.05) is 20.8 Å². The van der Waals surface area contributed by atoms with E-state index in [0.29, 0.717) is 29.3 Å². The highest BCUT2D eigenvalue weighted by molar-refractivity contribution is 5.76. The molecule has 9 heteroatoms. The Labute approximate surface area is 209 Å². The Balaban J connectivity index is 1.42. The van der Waals surface area contributed by atoms with Crippen LogP contribution in [0.15, 0.2) is 65.7 Å². The van der Waals surface area contributed by atoms with Crippen LogP contribution in [0.3, 0.4) is 0 Å². The first kappa shape index (κ1) is 24.8. The predicted molar refractivity (Wildman–Crippen MR) is 137 cm³/mol. The number of nitrogens with zero attached hydrogens (tertiary/aromatic N) is 3. The number of aromatic nitrogens is 3. The number of rotatable bonds is 10. The molecule has 0 fully saturated rings. The smallest absolute Gasteiger partial charge is 0.276 e. The Morgan fingerprint density at radius 3 is 2.47 bits per heavy atom. The first-order valence-electron chi connectivity index (χ1n) is 11.8. The molecule has 0 aliphatic rings. The summed E-state index contributed by atoms with van der Waals surface area (Å²) in [5, 5.41) is 7.49. The first-order valence-corrected chi connectivity index (χ1v) is 11.8. The number of hydrogen-bond acceptors (Lipinski definition) is 6. The predicted octanol–water partition coefficient (Wildman–Crippen LogP) is 3.85. The number of aryl methyl sites for hydroxylation is 1. The van der Waals surface area contributed by atoms with Gasteiger partial charge in [0.15, 0.2) is 11.5 Å². The quantitative estimate of drug-likeness (QED) is 0.363. The third-order valence-electron chi connectivity index (χ3n) is 5.93. The summed E-state index contributed by atoms with van der Waals surface area (Å²) < 4.78 is 19.2. The normalized spacial score (nSPS) is 11.8. The second kappa shape index (κ2) is 11.0. The summed E-state index contributed by atoms with van der Waals surface area (Å²) in [5.74, 6) is 1.85. The minimum atomic E-state index is -0.233. The van der Waals surface area contributed by atoms with E-state index in [4.69, 9.17) is 14.2 Å². The van der Waals surface area contributed by atoms with Gasteiger partial charge in [0.1, 0.15) is 11.3 Å². The van der Waals surface area contributed by atoms with Crippen LogP contribution in [0.1, 0.15) is 31.9 Å². The summed E-state index contributed by atoms with van der Waals surface area (Å²) in [6, 6.07) is 14.6. The Kier molecular flexibility index (Phi) is 7.58. The second-order valence-corrected chi connectivity index (χ2v) is 8.27. The Morgan fingerprint density at radius 1 is 1.03 bits per heavy atom. The molecule has 36 heavy (non-hydrogen) atoms. The van der Waals surface area contributed by atoms with Crippen molar-refractivity contribution >= 4 is 11.4 Å². The number of amides is 1. The molecule has 2 heterocycles. The molecule has 4 aromatic rings. The lowest BCUT2D eigenvalue weighted by atomic mass is 10.1. The maximum absolute atomic E-state index is 13.0. The lowest BCUT2D eigenvalue weighted by Crippen LogP contribution is -2.29. The number of hydrogen-bond donors (Lipinski definition) is 1. The van der Waals surface area contributed by atoms with E-state index in [9.17, 15) is 9.59 Å². The van der Waals surface area contributed by atoms with Crippen molar-refractivity contribution in [3.8, 4) is 28.5 Å². The van der Waals surface area contributed by atoms with Crippen molar-refractivity contribution in [3.05, 3.63) is 76.8 Å². The second-order valence-electron chi connectivity index (χ2n) is 8.27. The van der Waals surface area contributed by atoms with Crippen LogP contribution in [0.25, 0.3) is 16.8 Å². The van der Waals surface area contributed by atoms with E-state index in [0.717, 1.165) is 16.9 Å². The molecule has 0 spiro atoms. The van der Waals surface area contributed by atoms with E-state index in [1.807, 2.05) is 50.2 Å². The summed E-state index contributed by atoms with van der Waals surface area (Å²) in [4.78, 5) is 25.6. The molecule has 0 aliphatic heterocycles. The van der Waals surface area contributed by atoms with Crippen LogP contribution in [0.2, 0.25) is 0 Å². The van der Waals surface area contributed by atoms with Crippen molar-refractivity contribution in [2.45, 2.75) is 32.9 Å². The summed E-state index contributed by atoms with van der Waals surface area (Å²) in [7, 11) is 3.15. The molecule has 1 amide bonds. The number of carbonyl (C=O) groups excluding carboxylic acids is 1. The Hall–Kier alpha value is -4.27. The molecule has 4 rings (SSSR count). The van der Waals surface area contributed by atoms with E-state index in [2.05, 4.69) is 10.4 Å². The zero-order valence-corrected chi connectivity index (χ0v) is 20.9. The fraction of sp³-hybridized carbons (Fsp3) is 0.296. The maximum atomic E-state index is 13.0. The van der Waals surface area contributed by atoms with Crippen molar-refractivity contribution in [1.29, 1.82) is 0 Å². The van der Waals surface area contributed by atoms with Gasteiger partial charge in [0.2, 0.25) is 5.91 Å². The number of carbonyl (C=O) groups is 1. The van der Waals surface area contributed by atoms with Crippen molar-refractivity contribution in [1.82, 2.24) is 19.5 Å². The molecule has 2 aromatic carbocycles. The van der Waals surface area contributed by atoms with Crippen LogP contribution >= 0.6 is 0 Å². The molecule has 2 aromatic heterocycles. The molecule has 1 atom stereocenters. The van der Waals surface area contributed by atoms with Crippen LogP contribution in [0.5, 0.6) is 17.2 Å². The van der Waals surface area contributed by atoms with Gasteiger partial charge in [0, 0.05) is 30.9 Å². The average Bonchev–Trinajstić information content (AvgIpc) is 3.34. The Bertz CT molecular complexity index is 1410. The van der Waals surface area contributed by atoms with Crippen LogP contribution in [-0.4, -0.2) is 40.9 Å². The van der Waals surface area contributed by atoms with Gasteiger partial charge in [-0.2, -0.15) is 5.10 Å². The van der Waals surface area contributed by atoms with Crippen LogP contribution in [0, 0.1) is 0 Å². The van der Waals surface area contributed by atoms with Gasteiger partial charge in [-0.1, -0.05) is 6.07 Å². The number of methoxy groups -OCH3 is 2. The SMILES string of the molecule is CCOc1ccc(-c2cc3c(=O)n(CCC(=O)N[C@H](C)c4ccc(OC)c(OC)c4)ccn3n2)cc1. The third-order valence-corrected chi connectivity index (χ3v) is 5.93. The minimum absolute atomic E-state index is 0.160. The molecular weight excluding hydrogens is 460 g/mol. The monoisotopic (exact) mass is 490 g/mol. The first-order chi connectivity index (χ1) is 17.4. The zero-order valence-electron chi connectivity index (χ0n) is 20.9. The molecule has 0 saturated heterocycles. The third kappa shape index (κ3) is 5.35. The van der Waals surface area contributed by atoms with Crippen molar-refractivity contribution in [3.63, 3.8) is 0 Å². The van der Waals surface area contributed by atoms with Gasteiger partial charge in [-0.15, -0.1) is 0 Å². The van der Waals surface area contributed by atoms with E-state index in [1.165, 1.54) is 4.57 Å². The molecule has 188 valence electrons. The standard InChI is InChI=1S/C27H30N4O5/c1-5-36-21-9-6-19(7-10-21)22-17-23-27(33)30(14-15-31(23)29-22)13-12-26(32)28-18(2)20-8-11-24(34-3)25(16-20)35-4/h6-11,14-18H,5,12-13H2,1-4H3,(H,28,32)/t18-/m1/s1. The molecule has 1 N–H and O–H groups in total. The van der Waals surface area contributed by atoms with Gasteiger partial charge in [0.05, 0.1) is 32.6 Å². The minimum Gasteiger partial charge on any atom is -0.494 e. The van der Waals surface area contributed by atoms with Gasteiger partial charge < -0.3 is 24.1 Å². The summed E-state index contributed by atoms with van der Waals surface area (Å²) >= 11 is 0. The van der Waals surface area contributed by atoms with E-state index < -0.39 is 0 Å². The van der Waals surface area contributed by atoms with E-state index >= 15 is 0 Å². The van der Waals surface area contributed by atoms with Gasteiger partial charge in [0.25, 0.3) is 5.56 Å². The zero-order chi connectivity index (χ0) is 25.7. The van der Waals surface area contributed by atoms with Gasteiger partial charge in [-0.3, -0.25) is 9.59 Å². The number of ether oxygens (including phenoxy) is 3. The molecule has 0 unspecified atom stereocenters. The fourth-order valence-electron chi connectivity index (χ4n) is 3.97. The highest BCUT2D eigenvalue weighted by atomic mass is 16.5. The lowest BCUT2D eigenvalue weighted by molar-refractivity contribution is -0.121. The van der Waals surface area contributed by atoms with Gasteiger partial charge >= 0.3 is 0 Å². The lowest BCUT2D eigenvalue weighted by Gasteiger charge is -2.17. The molecule has 9 nitrogen and oxygen atoms in total. The highest BCUT2D eigenvalue weighted by Gasteiger charge is 2.14. The number of nitrogens with one attached hydrogen (secondary N) is 1. The van der Waals surface area contributed by atoms with Crippen molar-refractivity contribution < 1.29 is 19.0 Å². The molecule has 0 aliphatic carbocycles. The van der Waals surface area contributed by atoms with Crippen molar-refractivity contribution in [2.24, 2.45) is 0 Å². The van der Waals surface area contributed by atoms with Gasteiger partial charge in [-0.25, -0.2) is 4.52 Å². The fourth-order valence-corrected chi connectivity index (χ4v) is 3.97. The van der Waals surface area contributed by atoms with Crippen LogP contribution in [-0.2, 0) is 11.3 Å². The molecule has 0 bridgehead atoms. The van der Waals surface area contributed by atoms with Crippen LogP contribution in [0.4, 0.5) is 0 Å². The van der Waals surface area contributed by atoms with E-state index in [-0.39, 0.29) is 30.5 Å². The topological polar surface area (TPSA) is 96.1 Å². The molecule has 0 radical (unpaired) electrons. The summed E-state index contributed by atoms with van der Waals surface area (Å²) in [5.41, 5.74) is 2.70. The molecular formula is C27H30N4O5. The molecule has 0 saturated carbocycles. The number of benzene rings is 2. The van der Waals surface area contributed by atoms with Crippen LogP contribution < -0.4 is 25.1 Å². The largest absolute Gasteiger partial charge is 0.494 e. The summed E-state index contributed by atoms with van der Waals surface area (Å²) in [6.07, 6.45) is 3.53. The van der Waals surface area contributed by atoms with Gasteiger partial charge in [-0.05, 0) is 61.9 Å². The summed E-state index contributed by atoms with van der Waals surface area (Å²) in [6.45, 7) is 4.68. The number of fused-ring (bicyclic) bond motifs is 1.